The SMILES string of the molecule is I.NC(=NCCc1cc2ccccc2o1)Nc1ccc(OC(F)(F)F)cc1. The molecule has 0 saturated carbocycles. The number of aliphatic imine (C=N–C) groups is 1. The van der Waals surface area contributed by atoms with Gasteiger partial charge in [0.15, 0.2) is 5.96 Å². The average molecular weight is 491 g/mol. The van der Waals surface area contributed by atoms with Crippen molar-refractivity contribution in [2.75, 3.05) is 11.9 Å². The summed E-state index contributed by atoms with van der Waals surface area (Å²) < 4.78 is 45.8. The summed E-state index contributed by atoms with van der Waals surface area (Å²) in [6.45, 7) is 0.411. The Morgan fingerprint density at radius 2 is 1.81 bits per heavy atom. The first-order valence-electron chi connectivity index (χ1n) is 7.79. The quantitative estimate of drug-likeness (QED) is 0.302. The predicted molar refractivity (Wildman–Crippen MR) is 109 cm³/mol. The van der Waals surface area contributed by atoms with Crippen LogP contribution < -0.4 is 15.8 Å². The smallest absolute Gasteiger partial charge is 0.461 e. The van der Waals surface area contributed by atoms with Crippen molar-refractivity contribution >= 4 is 46.6 Å². The van der Waals surface area contributed by atoms with Crippen molar-refractivity contribution < 1.29 is 22.3 Å². The molecule has 1 heterocycles. The Morgan fingerprint density at radius 3 is 2.48 bits per heavy atom. The van der Waals surface area contributed by atoms with Gasteiger partial charge < -0.3 is 20.2 Å². The molecule has 5 nitrogen and oxygen atoms in total. The molecule has 0 aliphatic heterocycles. The van der Waals surface area contributed by atoms with Crippen molar-refractivity contribution in [2.24, 2.45) is 10.7 Å². The van der Waals surface area contributed by atoms with Gasteiger partial charge in [-0.05, 0) is 36.4 Å². The maximum absolute atomic E-state index is 12.1. The molecule has 0 aliphatic rings. The van der Waals surface area contributed by atoms with E-state index in [4.69, 9.17) is 10.2 Å². The van der Waals surface area contributed by atoms with Crippen LogP contribution in [0.15, 0.2) is 64.0 Å². The molecule has 0 amide bonds. The van der Waals surface area contributed by atoms with E-state index in [1.807, 2.05) is 30.3 Å². The van der Waals surface area contributed by atoms with Gasteiger partial charge in [0.2, 0.25) is 0 Å². The number of benzene rings is 2. The van der Waals surface area contributed by atoms with Crippen LogP contribution >= 0.6 is 24.0 Å². The number of hydrogen-bond donors (Lipinski definition) is 2. The molecule has 9 heteroatoms. The van der Waals surface area contributed by atoms with E-state index in [-0.39, 0.29) is 35.7 Å². The summed E-state index contributed by atoms with van der Waals surface area (Å²) in [4.78, 5) is 4.18. The molecule has 3 aromatic rings. The minimum Gasteiger partial charge on any atom is -0.461 e. The summed E-state index contributed by atoms with van der Waals surface area (Å²) >= 11 is 0. The van der Waals surface area contributed by atoms with Crippen LogP contribution in [0.4, 0.5) is 18.9 Å². The standard InChI is InChI=1S/C18H16F3N3O2.HI/c19-18(20,21)26-14-7-5-13(6-8-14)24-17(22)23-10-9-15-11-12-3-1-2-4-16(12)25-15;/h1-8,11H,9-10H2,(H3,22,23,24);1H. The minimum absolute atomic E-state index is 0. The topological polar surface area (TPSA) is 72.8 Å². The van der Waals surface area contributed by atoms with Crippen molar-refractivity contribution in [1.82, 2.24) is 0 Å². The summed E-state index contributed by atoms with van der Waals surface area (Å²) in [6, 6.07) is 14.9. The van der Waals surface area contributed by atoms with E-state index < -0.39 is 6.36 Å². The molecule has 1 aromatic heterocycles. The van der Waals surface area contributed by atoms with Crippen LogP contribution in [0.5, 0.6) is 5.75 Å². The zero-order valence-corrected chi connectivity index (χ0v) is 16.3. The first-order valence-corrected chi connectivity index (χ1v) is 7.79. The number of anilines is 1. The van der Waals surface area contributed by atoms with Crippen LogP contribution in [-0.2, 0) is 6.42 Å². The number of alkyl halides is 3. The van der Waals surface area contributed by atoms with Gasteiger partial charge in [-0.25, -0.2) is 0 Å². The summed E-state index contributed by atoms with van der Waals surface area (Å²) in [5, 5.41) is 3.83. The van der Waals surface area contributed by atoms with E-state index in [1.54, 1.807) is 0 Å². The van der Waals surface area contributed by atoms with Crippen LogP contribution in [0.2, 0.25) is 0 Å². The lowest BCUT2D eigenvalue weighted by molar-refractivity contribution is -0.274. The minimum atomic E-state index is -4.72. The second kappa shape index (κ2) is 8.98. The Bertz CT molecular complexity index is 875. The Kier molecular flexibility index (Phi) is 6.94. The molecule has 2 aromatic carbocycles. The highest BCUT2D eigenvalue weighted by atomic mass is 127. The van der Waals surface area contributed by atoms with Crippen LogP contribution in [0.1, 0.15) is 5.76 Å². The van der Waals surface area contributed by atoms with Crippen molar-refractivity contribution in [3.63, 3.8) is 0 Å². The Hall–Kier alpha value is -2.43. The molecule has 0 fully saturated rings. The van der Waals surface area contributed by atoms with Crippen LogP contribution in [0.3, 0.4) is 0 Å². The molecule has 3 N–H and O–H groups in total. The summed E-state index contributed by atoms with van der Waals surface area (Å²) in [5.74, 6) is 0.658. The number of hydrogen-bond acceptors (Lipinski definition) is 3. The fourth-order valence-electron chi connectivity index (χ4n) is 2.37. The van der Waals surface area contributed by atoms with E-state index in [1.165, 1.54) is 24.3 Å². The number of halogens is 4. The lowest BCUT2D eigenvalue weighted by atomic mass is 10.2. The third kappa shape index (κ3) is 6.35. The molecule has 0 aliphatic carbocycles. The van der Waals surface area contributed by atoms with E-state index >= 15 is 0 Å². The molecule has 0 atom stereocenters. The highest BCUT2D eigenvalue weighted by Gasteiger charge is 2.30. The van der Waals surface area contributed by atoms with E-state index in [0.717, 1.165) is 16.7 Å². The third-order valence-corrected chi connectivity index (χ3v) is 3.48. The average Bonchev–Trinajstić information content (AvgIpc) is 2.98. The number of nitrogens with two attached hydrogens (primary N) is 1. The maximum Gasteiger partial charge on any atom is 0.573 e. The monoisotopic (exact) mass is 491 g/mol. The number of ether oxygens (including phenoxy) is 1. The van der Waals surface area contributed by atoms with E-state index in [0.29, 0.717) is 18.7 Å². The molecular formula is C18H17F3IN3O2. The van der Waals surface area contributed by atoms with Crippen LogP contribution in [0.25, 0.3) is 11.0 Å². The molecule has 27 heavy (non-hydrogen) atoms. The van der Waals surface area contributed by atoms with Gasteiger partial charge >= 0.3 is 6.36 Å². The first-order chi connectivity index (χ1) is 12.4. The third-order valence-electron chi connectivity index (χ3n) is 3.48. The normalized spacial score (nSPS) is 11.9. The highest BCUT2D eigenvalue weighted by Crippen LogP contribution is 2.24. The second-order valence-electron chi connectivity index (χ2n) is 5.46. The van der Waals surface area contributed by atoms with E-state index in [2.05, 4.69) is 15.0 Å². The Morgan fingerprint density at radius 1 is 1.11 bits per heavy atom. The molecule has 144 valence electrons. The van der Waals surface area contributed by atoms with Gasteiger partial charge in [0.05, 0.1) is 0 Å². The fraction of sp³-hybridized carbons (Fsp3) is 0.167. The number of fused-ring (bicyclic) bond motifs is 1. The lowest BCUT2D eigenvalue weighted by Crippen LogP contribution is -2.23. The van der Waals surface area contributed by atoms with Gasteiger partial charge in [-0.2, -0.15) is 0 Å². The summed E-state index contributed by atoms with van der Waals surface area (Å²) in [6.07, 6.45) is -4.14. The predicted octanol–water partition coefficient (Wildman–Crippen LogP) is 4.92. The molecule has 0 radical (unpaired) electrons. The number of guanidine groups is 1. The zero-order valence-electron chi connectivity index (χ0n) is 14.0. The number of para-hydroxylation sites is 1. The number of nitrogens with zero attached hydrogens (tertiary/aromatic N) is 1. The van der Waals surface area contributed by atoms with Crippen molar-refractivity contribution in [1.29, 1.82) is 0 Å². The first kappa shape index (κ1) is 20.9. The second-order valence-corrected chi connectivity index (χ2v) is 5.46. The summed E-state index contributed by atoms with van der Waals surface area (Å²) in [7, 11) is 0. The highest BCUT2D eigenvalue weighted by molar-refractivity contribution is 14.0. The van der Waals surface area contributed by atoms with Crippen molar-refractivity contribution in [3.05, 3.63) is 60.4 Å². The van der Waals surface area contributed by atoms with Gasteiger partial charge in [0.1, 0.15) is 17.1 Å². The van der Waals surface area contributed by atoms with Crippen LogP contribution in [-0.4, -0.2) is 18.9 Å². The molecule has 0 unspecified atom stereocenters. The van der Waals surface area contributed by atoms with Crippen molar-refractivity contribution in [3.8, 4) is 5.75 Å². The van der Waals surface area contributed by atoms with Crippen molar-refractivity contribution in [2.45, 2.75) is 12.8 Å². The van der Waals surface area contributed by atoms with E-state index in [9.17, 15) is 13.2 Å². The molecule has 0 spiro atoms. The molecule has 0 bridgehead atoms. The zero-order chi connectivity index (χ0) is 18.6. The van der Waals surface area contributed by atoms with Gasteiger partial charge in [0, 0.05) is 24.0 Å². The number of rotatable bonds is 5. The molecule has 0 saturated heterocycles. The van der Waals surface area contributed by atoms with Gasteiger partial charge in [0.25, 0.3) is 0 Å². The fourth-order valence-corrected chi connectivity index (χ4v) is 2.37. The molecular weight excluding hydrogens is 474 g/mol. The van der Waals surface area contributed by atoms with Gasteiger partial charge in [-0.15, -0.1) is 37.1 Å². The lowest BCUT2D eigenvalue weighted by Gasteiger charge is -2.10. The Labute approximate surface area is 170 Å². The molecule has 3 rings (SSSR count). The summed E-state index contributed by atoms with van der Waals surface area (Å²) in [5.41, 5.74) is 7.10. The van der Waals surface area contributed by atoms with Gasteiger partial charge in [-0.1, -0.05) is 18.2 Å². The Balaban J connectivity index is 0.00000261. The number of furan rings is 1. The number of nitrogens with one attached hydrogen (secondary N) is 1. The van der Waals surface area contributed by atoms with Gasteiger partial charge in [-0.3, -0.25) is 4.99 Å². The van der Waals surface area contributed by atoms with Crippen LogP contribution in [0, 0.1) is 0 Å². The maximum atomic E-state index is 12.1. The largest absolute Gasteiger partial charge is 0.573 e.